The first-order valence-electron chi connectivity index (χ1n) is 8.54. The normalized spacial score (nSPS) is 27.6. The van der Waals surface area contributed by atoms with Crippen LogP contribution in [0.2, 0.25) is 5.02 Å². The van der Waals surface area contributed by atoms with Crippen molar-refractivity contribution < 1.29 is 9.59 Å². The van der Waals surface area contributed by atoms with Gasteiger partial charge in [0.25, 0.3) is 0 Å². The van der Waals surface area contributed by atoms with Crippen LogP contribution in [-0.2, 0) is 9.59 Å². The maximum absolute atomic E-state index is 12.7. The van der Waals surface area contributed by atoms with Crippen LogP contribution in [0, 0.1) is 5.92 Å². The highest BCUT2D eigenvalue weighted by atomic mass is 35.5. The Hall–Kier alpha value is -1.59. The first kappa shape index (κ1) is 17.2. The summed E-state index contributed by atoms with van der Waals surface area (Å²) in [7, 11) is 0. The number of benzene rings is 1. The van der Waals surface area contributed by atoms with Gasteiger partial charge in [0.05, 0.1) is 6.04 Å². The van der Waals surface area contributed by atoms with Crippen LogP contribution in [0.3, 0.4) is 0 Å². The minimum Gasteiger partial charge on any atom is -0.343 e. The average molecular weight is 350 g/mol. The lowest BCUT2D eigenvalue weighted by Crippen LogP contribution is -2.53. The largest absolute Gasteiger partial charge is 0.343 e. The third-order valence-corrected chi connectivity index (χ3v) is 5.36. The Labute approximate surface area is 147 Å². The van der Waals surface area contributed by atoms with Gasteiger partial charge in [-0.3, -0.25) is 9.59 Å². The van der Waals surface area contributed by atoms with E-state index in [1.807, 2.05) is 34.1 Å². The molecule has 0 aromatic heterocycles. The Balaban J connectivity index is 1.60. The van der Waals surface area contributed by atoms with Gasteiger partial charge in [0.1, 0.15) is 0 Å². The van der Waals surface area contributed by atoms with Crippen LogP contribution in [0.15, 0.2) is 24.3 Å². The number of piperidine rings is 1. The fraction of sp³-hybridized carbons (Fsp3) is 0.556. The van der Waals surface area contributed by atoms with Crippen molar-refractivity contribution in [1.82, 2.24) is 10.2 Å². The molecule has 5 nitrogen and oxygen atoms in total. The fourth-order valence-corrected chi connectivity index (χ4v) is 3.78. The Kier molecular flexibility index (Phi) is 5.11. The number of amides is 2. The van der Waals surface area contributed by atoms with Crippen molar-refractivity contribution in [3.05, 3.63) is 29.3 Å². The Morgan fingerprint density at radius 1 is 1.21 bits per heavy atom. The summed E-state index contributed by atoms with van der Waals surface area (Å²) in [5.74, 6) is 0.602. The number of carbonyl (C=O) groups excluding carboxylic acids is 2. The highest BCUT2D eigenvalue weighted by Crippen LogP contribution is 2.25. The van der Waals surface area contributed by atoms with Crippen LogP contribution in [0.25, 0.3) is 0 Å². The molecule has 1 N–H and O–H groups in total. The van der Waals surface area contributed by atoms with Gasteiger partial charge in [-0.05, 0) is 43.0 Å². The Bertz CT molecular complexity index is 619. The molecule has 0 spiro atoms. The van der Waals surface area contributed by atoms with Crippen molar-refractivity contribution in [2.75, 3.05) is 24.5 Å². The van der Waals surface area contributed by atoms with E-state index in [4.69, 9.17) is 11.6 Å². The molecule has 24 heavy (non-hydrogen) atoms. The molecule has 0 saturated carbocycles. The number of likely N-dealkylation sites (tertiary alicyclic amines) is 1. The van der Waals surface area contributed by atoms with Crippen molar-refractivity contribution in [1.29, 1.82) is 0 Å². The van der Waals surface area contributed by atoms with Crippen LogP contribution in [-0.4, -0.2) is 48.4 Å². The zero-order valence-electron chi connectivity index (χ0n) is 14.2. The number of halogens is 1. The lowest BCUT2D eigenvalue weighted by atomic mass is 9.93. The molecule has 2 saturated heterocycles. The predicted molar refractivity (Wildman–Crippen MR) is 95.2 cm³/mol. The van der Waals surface area contributed by atoms with Gasteiger partial charge in [-0.15, -0.1) is 0 Å². The quantitative estimate of drug-likeness (QED) is 0.911. The van der Waals surface area contributed by atoms with Gasteiger partial charge in [0.2, 0.25) is 11.8 Å². The number of anilines is 1. The zero-order valence-corrected chi connectivity index (χ0v) is 14.9. The molecule has 0 unspecified atom stereocenters. The van der Waals surface area contributed by atoms with Crippen molar-refractivity contribution in [3.8, 4) is 0 Å². The minimum atomic E-state index is -0.142. The second-order valence-corrected chi connectivity index (χ2v) is 7.25. The molecule has 1 aromatic rings. The predicted octanol–water partition coefficient (Wildman–Crippen LogP) is 2.29. The van der Waals surface area contributed by atoms with Gasteiger partial charge >= 0.3 is 0 Å². The first-order chi connectivity index (χ1) is 11.5. The molecular weight excluding hydrogens is 326 g/mol. The average Bonchev–Trinajstić information content (AvgIpc) is 2.91. The summed E-state index contributed by atoms with van der Waals surface area (Å²) in [4.78, 5) is 27.9. The number of hydrogen-bond donors (Lipinski definition) is 1. The second-order valence-electron chi connectivity index (χ2n) is 6.81. The molecule has 0 radical (unpaired) electrons. The lowest BCUT2D eigenvalue weighted by Gasteiger charge is -2.38. The van der Waals surface area contributed by atoms with Gasteiger partial charge in [-0.25, -0.2) is 0 Å². The molecule has 6 heteroatoms. The van der Waals surface area contributed by atoms with Crippen LogP contribution >= 0.6 is 11.6 Å². The van der Waals surface area contributed by atoms with Gasteiger partial charge in [-0.1, -0.05) is 18.5 Å². The molecule has 2 fully saturated rings. The van der Waals surface area contributed by atoms with Crippen molar-refractivity contribution in [2.45, 2.75) is 38.8 Å². The summed E-state index contributed by atoms with van der Waals surface area (Å²) in [5, 5.41) is 4.21. The van der Waals surface area contributed by atoms with Crippen LogP contribution in [0.4, 0.5) is 5.69 Å². The SMILES string of the molecule is CC(=O)N1CC[C@H](N[C@H]2CCN(c3ccc(Cl)cc3)C2=O)[C@H](C)C1. The fourth-order valence-electron chi connectivity index (χ4n) is 3.65. The standard InChI is InChI=1S/C18H24ClN3O2/c1-12-11-21(13(2)23)9-7-16(12)20-17-8-10-22(18(17)24)15-5-3-14(19)4-6-15/h3-6,12,16-17,20H,7-11H2,1-2H3/t12-,16+,17+/m1/s1. The lowest BCUT2D eigenvalue weighted by molar-refractivity contribution is -0.131. The molecule has 0 bridgehead atoms. The molecule has 130 valence electrons. The summed E-state index contributed by atoms with van der Waals surface area (Å²) in [6, 6.07) is 7.53. The summed E-state index contributed by atoms with van der Waals surface area (Å²) in [5.41, 5.74) is 0.896. The van der Waals surface area contributed by atoms with Gasteiger partial charge in [0.15, 0.2) is 0 Å². The third kappa shape index (κ3) is 3.57. The molecule has 2 heterocycles. The van der Waals surface area contributed by atoms with E-state index in [2.05, 4.69) is 12.2 Å². The van der Waals surface area contributed by atoms with E-state index in [0.717, 1.165) is 38.2 Å². The summed E-state index contributed by atoms with van der Waals surface area (Å²) in [6.07, 6.45) is 1.70. The molecular formula is C18H24ClN3O2. The monoisotopic (exact) mass is 349 g/mol. The molecule has 2 amide bonds. The van der Waals surface area contributed by atoms with E-state index < -0.39 is 0 Å². The summed E-state index contributed by atoms with van der Waals surface area (Å²) < 4.78 is 0. The zero-order chi connectivity index (χ0) is 17.3. The Morgan fingerprint density at radius 3 is 2.54 bits per heavy atom. The van der Waals surface area contributed by atoms with E-state index in [1.165, 1.54) is 0 Å². The van der Waals surface area contributed by atoms with Crippen LogP contribution in [0.1, 0.15) is 26.7 Å². The van der Waals surface area contributed by atoms with Gasteiger partial charge in [0, 0.05) is 43.3 Å². The maximum atomic E-state index is 12.7. The molecule has 1 aromatic carbocycles. The number of nitrogens with one attached hydrogen (secondary N) is 1. The summed E-state index contributed by atoms with van der Waals surface area (Å²) >= 11 is 5.92. The number of hydrogen-bond acceptors (Lipinski definition) is 3. The van der Waals surface area contributed by atoms with Crippen molar-refractivity contribution in [2.24, 2.45) is 5.92 Å². The van der Waals surface area contributed by atoms with Crippen molar-refractivity contribution in [3.63, 3.8) is 0 Å². The first-order valence-corrected chi connectivity index (χ1v) is 8.92. The number of nitrogens with zero attached hydrogens (tertiary/aromatic N) is 2. The number of carbonyl (C=O) groups is 2. The van der Waals surface area contributed by atoms with E-state index in [0.29, 0.717) is 10.9 Å². The third-order valence-electron chi connectivity index (χ3n) is 5.11. The molecule has 2 aliphatic rings. The van der Waals surface area contributed by atoms with E-state index in [9.17, 15) is 9.59 Å². The van der Waals surface area contributed by atoms with E-state index in [1.54, 1.807) is 6.92 Å². The topological polar surface area (TPSA) is 52.7 Å². The molecule has 3 atom stereocenters. The highest BCUT2D eigenvalue weighted by molar-refractivity contribution is 6.30. The van der Waals surface area contributed by atoms with Crippen LogP contribution in [0.5, 0.6) is 0 Å². The highest BCUT2D eigenvalue weighted by Gasteiger charge is 2.36. The van der Waals surface area contributed by atoms with E-state index >= 15 is 0 Å². The second kappa shape index (κ2) is 7.11. The number of rotatable bonds is 3. The molecule has 3 rings (SSSR count). The smallest absolute Gasteiger partial charge is 0.244 e. The van der Waals surface area contributed by atoms with E-state index in [-0.39, 0.29) is 23.9 Å². The minimum absolute atomic E-state index is 0.124. The maximum Gasteiger partial charge on any atom is 0.244 e. The summed E-state index contributed by atoms with van der Waals surface area (Å²) in [6.45, 7) is 6.00. The van der Waals surface area contributed by atoms with Gasteiger partial charge < -0.3 is 15.1 Å². The van der Waals surface area contributed by atoms with Gasteiger partial charge in [-0.2, -0.15) is 0 Å². The molecule has 2 aliphatic heterocycles. The van der Waals surface area contributed by atoms with Crippen molar-refractivity contribution >= 4 is 29.1 Å². The van der Waals surface area contributed by atoms with Crippen LogP contribution < -0.4 is 10.2 Å². The molecule has 0 aliphatic carbocycles. The Morgan fingerprint density at radius 2 is 1.92 bits per heavy atom.